The van der Waals surface area contributed by atoms with Crippen LogP contribution < -0.4 is 10.6 Å². The number of carbonyl (C=O) groups is 1. The predicted octanol–water partition coefficient (Wildman–Crippen LogP) is 2.72. The van der Waals surface area contributed by atoms with Gasteiger partial charge in [0, 0.05) is 37.9 Å². The highest BCUT2D eigenvalue weighted by atomic mass is 16.1. The summed E-state index contributed by atoms with van der Waals surface area (Å²) >= 11 is 0. The normalized spacial score (nSPS) is 10.3. The van der Waals surface area contributed by atoms with Crippen LogP contribution in [0.2, 0.25) is 0 Å². The van der Waals surface area contributed by atoms with Gasteiger partial charge in [-0.15, -0.1) is 0 Å². The van der Waals surface area contributed by atoms with E-state index in [0.29, 0.717) is 24.6 Å². The standard InChI is InChI=1S/C19H19N5O/c1-14-2-4-15(5-3-14)11-22-19-23-12-17(13-24-19)18(25)21-10-16-6-8-20-9-7-16/h2-9,12-13H,10-11H2,1H3,(H,21,25)(H,22,23,24). The number of anilines is 1. The number of amides is 1. The van der Waals surface area contributed by atoms with Crippen molar-refractivity contribution in [2.24, 2.45) is 0 Å². The number of pyridine rings is 1. The molecule has 0 saturated heterocycles. The van der Waals surface area contributed by atoms with Gasteiger partial charge in [0.1, 0.15) is 0 Å². The monoisotopic (exact) mass is 333 g/mol. The van der Waals surface area contributed by atoms with Crippen LogP contribution in [0.4, 0.5) is 5.95 Å². The van der Waals surface area contributed by atoms with Crippen LogP contribution in [0, 0.1) is 6.92 Å². The summed E-state index contributed by atoms with van der Waals surface area (Å²) in [5.74, 6) is 0.285. The van der Waals surface area contributed by atoms with Gasteiger partial charge in [-0.25, -0.2) is 9.97 Å². The minimum absolute atomic E-state index is 0.207. The highest BCUT2D eigenvalue weighted by Gasteiger charge is 2.07. The van der Waals surface area contributed by atoms with Crippen molar-refractivity contribution in [1.82, 2.24) is 20.3 Å². The number of nitrogens with one attached hydrogen (secondary N) is 2. The Morgan fingerprint density at radius 3 is 2.24 bits per heavy atom. The third-order valence-corrected chi connectivity index (χ3v) is 3.69. The van der Waals surface area contributed by atoms with Crippen LogP contribution in [0.25, 0.3) is 0 Å². The Morgan fingerprint density at radius 2 is 1.56 bits per heavy atom. The molecule has 2 heterocycles. The first-order valence-electron chi connectivity index (χ1n) is 7.99. The van der Waals surface area contributed by atoms with Gasteiger partial charge in [0.2, 0.25) is 5.95 Å². The molecule has 0 spiro atoms. The molecule has 2 N–H and O–H groups in total. The molecule has 0 aliphatic carbocycles. The fourth-order valence-corrected chi connectivity index (χ4v) is 2.21. The van der Waals surface area contributed by atoms with Gasteiger partial charge in [0.05, 0.1) is 5.56 Å². The van der Waals surface area contributed by atoms with Gasteiger partial charge in [-0.2, -0.15) is 0 Å². The van der Waals surface area contributed by atoms with E-state index in [4.69, 9.17) is 0 Å². The van der Waals surface area contributed by atoms with E-state index in [9.17, 15) is 4.79 Å². The lowest BCUT2D eigenvalue weighted by molar-refractivity contribution is 0.0950. The Kier molecular flexibility index (Phi) is 5.31. The van der Waals surface area contributed by atoms with E-state index in [1.165, 1.54) is 18.0 Å². The van der Waals surface area contributed by atoms with Crippen LogP contribution >= 0.6 is 0 Å². The van der Waals surface area contributed by atoms with Crippen LogP contribution in [0.1, 0.15) is 27.0 Å². The van der Waals surface area contributed by atoms with Crippen molar-refractivity contribution in [2.45, 2.75) is 20.0 Å². The van der Waals surface area contributed by atoms with Crippen LogP contribution in [-0.2, 0) is 13.1 Å². The molecule has 0 unspecified atom stereocenters. The Balaban J connectivity index is 1.52. The van der Waals surface area contributed by atoms with E-state index in [-0.39, 0.29) is 5.91 Å². The lowest BCUT2D eigenvalue weighted by Gasteiger charge is -2.07. The average molecular weight is 333 g/mol. The van der Waals surface area contributed by atoms with E-state index in [0.717, 1.165) is 11.1 Å². The molecule has 25 heavy (non-hydrogen) atoms. The molecule has 1 amide bonds. The largest absolute Gasteiger partial charge is 0.350 e. The maximum atomic E-state index is 12.1. The number of hydrogen-bond acceptors (Lipinski definition) is 5. The summed E-state index contributed by atoms with van der Waals surface area (Å²) in [6.45, 7) is 3.13. The average Bonchev–Trinajstić information content (AvgIpc) is 2.67. The Labute approximate surface area is 146 Å². The van der Waals surface area contributed by atoms with Gasteiger partial charge in [0.15, 0.2) is 0 Å². The lowest BCUT2D eigenvalue weighted by atomic mass is 10.1. The van der Waals surface area contributed by atoms with Crippen LogP contribution in [0.15, 0.2) is 61.2 Å². The molecule has 0 saturated carbocycles. The Bertz CT molecular complexity index is 817. The molecule has 6 nitrogen and oxygen atoms in total. The summed E-state index contributed by atoms with van der Waals surface area (Å²) in [6.07, 6.45) is 6.43. The fraction of sp³-hybridized carbons (Fsp3) is 0.158. The quantitative estimate of drug-likeness (QED) is 0.725. The molecule has 0 aliphatic rings. The van der Waals surface area contributed by atoms with Crippen molar-refractivity contribution in [3.8, 4) is 0 Å². The summed E-state index contributed by atoms with van der Waals surface area (Å²) < 4.78 is 0. The first-order chi connectivity index (χ1) is 12.2. The SMILES string of the molecule is Cc1ccc(CNc2ncc(C(=O)NCc3ccncc3)cn2)cc1. The van der Waals surface area contributed by atoms with Gasteiger partial charge < -0.3 is 10.6 Å². The van der Waals surface area contributed by atoms with Gasteiger partial charge in [0.25, 0.3) is 5.91 Å². The molecule has 0 aliphatic heterocycles. The molecule has 2 aromatic heterocycles. The zero-order chi connectivity index (χ0) is 17.5. The van der Waals surface area contributed by atoms with Crippen molar-refractivity contribution in [1.29, 1.82) is 0 Å². The molecule has 0 atom stereocenters. The summed E-state index contributed by atoms with van der Waals surface area (Å²) in [7, 11) is 0. The number of rotatable bonds is 6. The number of carbonyl (C=O) groups excluding carboxylic acids is 1. The predicted molar refractivity (Wildman–Crippen MR) is 95.9 cm³/mol. The smallest absolute Gasteiger partial charge is 0.254 e. The maximum absolute atomic E-state index is 12.1. The second-order valence-corrected chi connectivity index (χ2v) is 5.67. The highest BCUT2D eigenvalue weighted by Crippen LogP contribution is 2.06. The summed E-state index contributed by atoms with van der Waals surface area (Å²) in [5, 5.41) is 5.97. The zero-order valence-electron chi connectivity index (χ0n) is 13.9. The van der Waals surface area contributed by atoms with Gasteiger partial charge >= 0.3 is 0 Å². The zero-order valence-corrected chi connectivity index (χ0v) is 13.9. The molecule has 0 radical (unpaired) electrons. The van der Waals surface area contributed by atoms with Crippen molar-refractivity contribution < 1.29 is 4.79 Å². The van der Waals surface area contributed by atoms with Gasteiger partial charge in [-0.05, 0) is 30.2 Å². The van der Waals surface area contributed by atoms with E-state index in [1.54, 1.807) is 12.4 Å². The molecular weight excluding hydrogens is 314 g/mol. The van der Waals surface area contributed by atoms with Crippen LogP contribution in [0.3, 0.4) is 0 Å². The Morgan fingerprint density at radius 1 is 0.920 bits per heavy atom. The molecule has 1 aromatic carbocycles. The van der Waals surface area contributed by atoms with E-state index < -0.39 is 0 Å². The number of hydrogen-bond donors (Lipinski definition) is 2. The van der Waals surface area contributed by atoms with E-state index in [1.807, 2.05) is 12.1 Å². The fourth-order valence-electron chi connectivity index (χ4n) is 2.21. The van der Waals surface area contributed by atoms with Crippen molar-refractivity contribution in [3.63, 3.8) is 0 Å². The second-order valence-electron chi connectivity index (χ2n) is 5.67. The van der Waals surface area contributed by atoms with Crippen LogP contribution in [0.5, 0.6) is 0 Å². The summed E-state index contributed by atoms with van der Waals surface area (Å²) in [6, 6.07) is 12.0. The van der Waals surface area contributed by atoms with Crippen LogP contribution in [-0.4, -0.2) is 20.9 Å². The van der Waals surface area contributed by atoms with Gasteiger partial charge in [-0.1, -0.05) is 29.8 Å². The molecule has 3 rings (SSSR count). The molecule has 6 heteroatoms. The maximum Gasteiger partial charge on any atom is 0.254 e. The van der Waals surface area contributed by atoms with Gasteiger partial charge in [-0.3, -0.25) is 9.78 Å². The summed E-state index contributed by atoms with van der Waals surface area (Å²) in [5.41, 5.74) is 3.78. The molecular formula is C19H19N5O. The molecule has 0 bridgehead atoms. The van der Waals surface area contributed by atoms with Crippen molar-refractivity contribution >= 4 is 11.9 Å². The number of aryl methyl sites for hydroxylation is 1. The topological polar surface area (TPSA) is 79.8 Å². The van der Waals surface area contributed by atoms with Crippen molar-refractivity contribution in [2.75, 3.05) is 5.32 Å². The van der Waals surface area contributed by atoms with E-state index in [2.05, 4.69) is 56.8 Å². The minimum atomic E-state index is -0.207. The second kappa shape index (κ2) is 8.01. The summed E-state index contributed by atoms with van der Waals surface area (Å²) in [4.78, 5) is 24.4. The first-order valence-corrected chi connectivity index (χ1v) is 7.99. The number of benzene rings is 1. The molecule has 0 fully saturated rings. The highest BCUT2D eigenvalue weighted by molar-refractivity contribution is 5.93. The number of aromatic nitrogens is 3. The lowest BCUT2D eigenvalue weighted by Crippen LogP contribution is -2.23. The third-order valence-electron chi connectivity index (χ3n) is 3.69. The van der Waals surface area contributed by atoms with Crippen molar-refractivity contribution in [3.05, 3.63) is 83.4 Å². The Hall–Kier alpha value is -3.28. The minimum Gasteiger partial charge on any atom is -0.350 e. The number of nitrogens with zero attached hydrogens (tertiary/aromatic N) is 3. The third kappa shape index (κ3) is 4.84. The van der Waals surface area contributed by atoms with E-state index >= 15 is 0 Å². The molecule has 3 aromatic rings. The molecule has 126 valence electrons. The first kappa shape index (κ1) is 16.6.